The molecule has 4 rings (SSSR count). The molecule has 26 heavy (non-hydrogen) atoms. The van der Waals surface area contributed by atoms with E-state index >= 15 is 0 Å². The average molecular weight is 383 g/mol. The first-order valence-corrected chi connectivity index (χ1v) is 10.9. The molecule has 1 spiro atoms. The molecule has 1 aliphatic heterocycles. The molecular formula is C23H26OS2. The third-order valence-corrected chi connectivity index (χ3v) is 11.6. The van der Waals surface area contributed by atoms with Crippen LogP contribution in [0.25, 0.3) is 0 Å². The average Bonchev–Trinajstić information content (AvgIpc) is 2.99. The van der Waals surface area contributed by atoms with E-state index in [1.807, 2.05) is 23.5 Å². The van der Waals surface area contributed by atoms with Gasteiger partial charge in [-0.05, 0) is 11.1 Å². The fourth-order valence-electron chi connectivity index (χ4n) is 5.14. The monoisotopic (exact) mass is 382 g/mol. The lowest BCUT2D eigenvalue weighted by Gasteiger charge is -2.63. The molecule has 0 amide bonds. The van der Waals surface area contributed by atoms with E-state index in [-0.39, 0.29) is 19.7 Å². The largest absolute Gasteiger partial charge is 0.298 e. The third kappa shape index (κ3) is 1.99. The lowest BCUT2D eigenvalue weighted by Crippen LogP contribution is -2.70. The molecule has 1 atom stereocenters. The molecule has 1 unspecified atom stereocenters. The predicted molar refractivity (Wildman–Crippen MR) is 114 cm³/mol. The summed E-state index contributed by atoms with van der Waals surface area (Å²) in [6.45, 7) is 10.9. The van der Waals surface area contributed by atoms with Crippen LogP contribution in [0.4, 0.5) is 0 Å². The van der Waals surface area contributed by atoms with E-state index in [1.165, 1.54) is 11.1 Å². The fraction of sp³-hybridized carbons (Fsp3) is 0.435. The molecule has 2 aromatic rings. The summed E-state index contributed by atoms with van der Waals surface area (Å²) in [7, 11) is 0. The zero-order chi connectivity index (χ0) is 18.8. The molecule has 136 valence electrons. The predicted octanol–water partition coefficient (Wildman–Crippen LogP) is 6.13. The smallest absolute Gasteiger partial charge is 0.148 e. The van der Waals surface area contributed by atoms with E-state index in [4.69, 9.17) is 0 Å². The number of ketones is 1. The summed E-state index contributed by atoms with van der Waals surface area (Å²) in [4.78, 5) is 12.9. The van der Waals surface area contributed by atoms with Crippen LogP contribution >= 0.6 is 23.5 Å². The van der Waals surface area contributed by atoms with Gasteiger partial charge in [0.2, 0.25) is 0 Å². The van der Waals surface area contributed by atoms with E-state index < -0.39 is 0 Å². The van der Waals surface area contributed by atoms with Gasteiger partial charge in [0.15, 0.2) is 0 Å². The summed E-state index contributed by atoms with van der Waals surface area (Å²) in [6, 6.07) is 21.7. The molecule has 0 aromatic heterocycles. The Hall–Kier alpha value is -1.19. The Morgan fingerprint density at radius 2 is 1.19 bits per heavy atom. The van der Waals surface area contributed by atoms with Crippen molar-refractivity contribution in [2.24, 2.45) is 10.8 Å². The van der Waals surface area contributed by atoms with Crippen molar-refractivity contribution < 1.29 is 4.79 Å². The molecule has 2 aliphatic rings. The molecule has 0 N–H and O–H groups in total. The van der Waals surface area contributed by atoms with Crippen molar-refractivity contribution in [3.63, 3.8) is 0 Å². The highest BCUT2D eigenvalue weighted by molar-refractivity contribution is 8.22. The van der Waals surface area contributed by atoms with Crippen molar-refractivity contribution in [1.82, 2.24) is 0 Å². The number of carbonyl (C=O) groups excluding carboxylic acids is 1. The van der Waals surface area contributed by atoms with Crippen LogP contribution in [-0.4, -0.2) is 15.1 Å². The molecule has 1 aliphatic carbocycles. The van der Waals surface area contributed by atoms with Gasteiger partial charge in [-0.3, -0.25) is 4.79 Å². The SMILES string of the molecule is CC1SC2(SC1(c1ccccc1)c1ccccc1)C(C)(C)C(=O)C2(C)C. The first kappa shape index (κ1) is 18.2. The number of benzene rings is 2. The van der Waals surface area contributed by atoms with Crippen LogP contribution in [0, 0.1) is 10.8 Å². The number of rotatable bonds is 2. The van der Waals surface area contributed by atoms with Crippen molar-refractivity contribution >= 4 is 29.3 Å². The Morgan fingerprint density at radius 1 is 0.769 bits per heavy atom. The Kier molecular flexibility index (Phi) is 3.95. The van der Waals surface area contributed by atoms with Crippen LogP contribution in [0.5, 0.6) is 0 Å². The van der Waals surface area contributed by atoms with E-state index in [0.717, 1.165) is 0 Å². The van der Waals surface area contributed by atoms with Crippen LogP contribution in [-0.2, 0) is 9.54 Å². The topological polar surface area (TPSA) is 17.1 Å². The van der Waals surface area contributed by atoms with Gasteiger partial charge < -0.3 is 0 Å². The molecule has 1 saturated carbocycles. The minimum atomic E-state index is -0.328. The zero-order valence-corrected chi connectivity index (χ0v) is 17.7. The minimum absolute atomic E-state index is 0.123. The van der Waals surface area contributed by atoms with Gasteiger partial charge in [-0.25, -0.2) is 0 Å². The summed E-state index contributed by atoms with van der Waals surface area (Å²) in [6.07, 6.45) is 0. The van der Waals surface area contributed by atoms with Crippen molar-refractivity contribution in [3.8, 4) is 0 Å². The molecule has 1 heterocycles. The quantitative estimate of drug-likeness (QED) is 0.622. The molecule has 1 nitrogen and oxygen atoms in total. The number of hydrogen-bond donors (Lipinski definition) is 0. The van der Waals surface area contributed by atoms with Gasteiger partial charge in [0.1, 0.15) is 5.78 Å². The van der Waals surface area contributed by atoms with Gasteiger partial charge in [-0.2, -0.15) is 0 Å². The number of thioether (sulfide) groups is 2. The first-order chi connectivity index (χ1) is 12.2. The first-order valence-electron chi connectivity index (χ1n) is 9.24. The van der Waals surface area contributed by atoms with Gasteiger partial charge in [-0.15, -0.1) is 23.5 Å². The second-order valence-electron chi connectivity index (χ2n) is 8.53. The zero-order valence-electron chi connectivity index (χ0n) is 16.1. The molecular weight excluding hydrogens is 356 g/mol. The lowest BCUT2D eigenvalue weighted by atomic mass is 9.53. The molecule has 0 radical (unpaired) electrons. The fourth-order valence-corrected chi connectivity index (χ4v) is 9.98. The second-order valence-corrected chi connectivity index (χ2v) is 11.8. The van der Waals surface area contributed by atoms with Crippen LogP contribution < -0.4 is 0 Å². The molecule has 3 heteroatoms. The normalized spacial score (nSPS) is 27.3. The van der Waals surface area contributed by atoms with Crippen LogP contribution in [0.15, 0.2) is 60.7 Å². The standard InChI is InChI=1S/C23H26OS2/c1-16-22(17-12-8-6-9-13-17,18-14-10-7-11-15-18)26-23(25-16)20(2,3)19(24)21(23,4)5/h6-16H,1-5H3. The third-order valence-electron chi connectivity index (χ3n) is 6.41. The molecule has 1 saturated heterocycles. The van der Waals surface area contributed by atoms with Crippen molar-refractivity contribution in [3.05, 3.63) is 71.8 Å². The van der Waals surface area contributed by atoms with Gasteiger partial charge in [0.25, 0.3) is 0 Å². The van der Waals surface area contributed by atoms with Crippen molar-refractivity contribution in [2.45, 2.75) is 48.7 Å². The maximum atomic E-state index is 12.9. The van der Waals surface area contributed by atoms with E-state index in [9.17, 15) is 4.79 Å². The van der Waals surface area contributed by atoms with E-state index in [2.05, 4.69) is 95.3 Å². The summed E-state index contributed by atoms with van der Waals surface area (Å²) >= 11 is 4.03. The molecule has 0 bridgehead atoms. The van der Waals surface area contributed by atoms with Crippen molar-refractivity contribution in [2.75, 3.05) is 0 Å². The van der Waals surface area contributed by atoms with Gasteiger partial charge >= 0.3 is 0 Å². The Morgan fingerprint density at radius 3 is 1.62 bits per heavy atom. The van der Waals surface area contributed by atoms with Crippen LogP contribution in [0.3, 0.4) is 0 Å². The van der Waals surface area contributed by atoms with Crippen molar-refractivity contribution in [1.29, 1.82) is 0 Å². The highest BCUT2D eigenvalue weighted by Crippen LogP contribution is 2.80. The maximum absolute atomic E-state index is 12.9. The Bertz CT molecular complexity index is 782. The second kappa shape index (κ2) is 5.65. The summed E-state index contributed by atoms with van der Waals surface area (Å²) in [5, 5.41) is 0.365. The van der Waals surface area contributed by atoms with Gasteiger partial charge in [0, 0.05) is 16.1 Å². The van der Waals surface area contributed by atoms with Crippen LogP contribution in [0.2, 0.25) is 0 Å². The summed E-state index contributed by atoms with van der Waals surface area (Å²) < 4.78 is -0.273. The lowest BCUT2D eigenvalue weighted by molar-refractivity contribution is -0.152. The molecule has 2 aromatic carbocycles. The Balaban J connectivity index is 1.94. The summed E-state index contributed by atoms with van der Waals surface area (Å²) in [5.41, 5.74) is 2.01. The highest BCUT2D eigenvalue weighted by Gasteiger charge is 2.78. The maximum Gasteiger partial charge on any atom is 0.148 e. The highest BCUT2D eigenvalue weighted by atomic mass is 32.2. The van der Waals surface area contributed by atoms with Gasteiger partial charge in [-0.1, -0.05) is 95.3 Å². The summed E-state index contributed by atoms with van der Waals surface area (Å²) in [5.74, 6) is 0.383. The van der Waals surface area contributed by atoms with E-state index in [0.29, 0.717) is 11.0 Å². The Labute approximate surface area is 165 Å². The minimum Gasteiger partial charge on any atom is -0.298 e. The number of Topliss-reactive ketones (excluding diaryl/α,β-unsaturated/α-hetero) is 1. The van der Waals surface area contributed by atoms with Gasteiger partial charge in [0.05, 0.1) is 8.83 Å². The van der Waals surface area contributed by atoms with Crippen LogP contribution in [0.1, 0.15) is 45.7 Å². The number of carbonyl (C=O) groups is 1. The number of hydrogen-bond acceptors (Lipinski definition) is 3. The molecule has 2 fully saturated rings. The van der Waals surface area contributed by atoms with E-state index in [1.54, 1.807) is 0 Å².